The number of hydrogen-bond donors (Lipinski definition) is 1. The van der Waals surface area contributed by atoms with Crippen LogP contribution in [0.5, 0.6) is 5.75 Å². The van der Waals surface area contributed by atoms with Crippen molar-refractivity contribution < 1.29 is 13.9 Å². The summed E-state index contributed by atoms with van der Waals surface area (Å²) in [4.78, 5) is 15.6. The number of amides is 1. The molecule has 0 saturated carbocycles. The van der Waals surface area contributed by atoms with Crippen LogP contribution in [0.15, 0.2) is 35.1 Å². The average Bonchev–Trinajstić information content (AvgIpc) is 2.81. The maximum absolute atomic E-state index is 11.6. The fourth-order valence-corrected chi connectivity index (χ4v) is 1.59. The molecule has 0 saturated heterocycles. The summed E-state index contributed by atoms with van der Waals surface area (Å²) < 4.78 is 10.6. The van der Waals surface area contributed by atoms with E-state index in [9.17, 15) is 4.79 Å². The lowest BCUT2D eigenvalue weighted by Gasteiger charge is -2.08. The molecule has 0 spiro atoms. The second kappa shape index (κ2) is 6.04. The number of benzene rings is 1. The molecular weight excluding hydrogens is 244 g/mol. The Morgan fingerprint density at radius 1 is 1.37 bits per heavy atom. The molecule has 0 unspecified atom stereocenters. The highest BCUT2D eigenvalue weighted by atomic mass is 16.5. The first kappa shape index (κ1) is 13.1. The summed E-state index contributed by atoms with van der Waals surface area (Å²) in [5.41, 5.74) is 1.78. The molecule has 19 heavy (non-hydrogen) atoms. The van der Waals surface area contributed by atoms with Gasteiger partial charge in [-0.25, -0.2) is 4.98 Å². The molecule has 2 rings (SSSR count). The van der Waals surface area contributed by atoms with Crippen LogP contribution >= 0.6 is 0 Å². The number of rotatable bonds is 5. The van der Waals surface area contributed by atoms with Gasteiger partial charge in [-0.15, -0.1) is 0 Å². The minimum Gasteiger partial charge on any atom is -0.484 e. The molecule has 100 valence electrons. The largest absolute Gasteiger partial charge is 0.484 e. The van der Waals surface area contributed by atoms with Crippen LogP contribution in [0, 0.1) is 13.8 Å². The zero-order valence-corrected chi connectivity index (χ0v) is 11.0. The third kappa shape index (κ3) is 3.58. The van der Waals surface area contributed by atoms with E-state index >= 15 is 0 Å². The van der Waals surface area contributed by atoms with Crippen LogP contribution in [-0.2, 0) is 11.3 Å². The van der Waals surface area contributed by atoms with Gasteiger partial charge in [0.05, 0.1) is 12.2 Å². The van der Waals surface area contributed by atoms with Crippen molar-refractivity contribution >= 4 is 5.91 Å². The van der Waals surface area contributed by atoms with E-state index in [4.69, 9.17) is 9.15 Å². The summed E-state index contributed by atoms with van der Waals surface area (Å²) in [6.07, 6.45) is 1.36. The SMILES string of the molecule is Cc1ccccc1OCC(=O)NCc1ocnc1C. The number of carbonyl (C=O) groups is 1. The van der Waals surface area contributed by atoms with E-state index in [2.05, 4.69) is 10.3 Å². The second-order valence-electron chi connectivity index (χ2n) is 4.19. The molecule has 0 aliphatic rings. The highest BCUT2D eigenvalue weighted by molar-refractivity contribution is 5.77. The van der Waals surface area contributed by atoms with Crippen molar-refractivity contribution in [1.82, 2.24) is 10.3 Å². The fourth-order valence-electron chi connectivity index (χ4n) is 1.59. The number of aromatic nitrogens is 1. The van der Waals surface area contributed by atoms with Crippen molar-refractivity contribution in [3.05, 3.63) is 47.7 Å². The smallest absolute Gasteiger partial charge is 0.258 e. The zero-order chi connectivity index (χ0) is 13.7. The lowest BCUT2D eigenvalue weighted by atomic mass is 10.2. The zero-order valence-electron chi connectivity index (χ0n) is 11.0. The van der Waals surface area contributed by atoms with Gasteiger partial charge in [0.2, 0.25) is 0 Å². The van der Waals surface area contributed by atoms with Gasteiger partial charge >= 0.3 is 0 Å². The van der Waals surface area contributed by atoms with E-state index in [-0.39, 0.29) is 12.5 Å². The van der Waals surface area contributed by atoms with E-state index in [1.54, 1.807) is 0 Å². The Morgan fingerprint density at radius 3 is 2.84 bits per heavy atom. The van der Waals surface area contributed by atoms with Crippen LogP contribution in [0.25, 0.3) is 0 Å². The van der Waals surface area contributed by atoms with Gasteiger partial charge in [-0.2, -0.15) is 0 Å². The third-order valence-electron chi connectivity index (χ3n) is 2.74. The van der Waals surface area contributed by atoms with Crippen LogP contribution in [0.4, 0.5) is 0 Å². The number of carbonyl (C=O) groups excluding carboxylic acids is 1. The Labute approximate surface area is 111 Å². The predicted molar refractivity (Wildman–Crippen MR) is 69.8 cm³/mol. The molecule has 0 aliphatic carbocycles. The van der Waals surface area contributed by atoms with Crippen LogP contribution < -0.4 is 10.1 Å². The Morgan fingerprint density at radius 2 is 2.16 bits per heavy atom. The van der Waals surface area contributed by atoms with E-state index in [1.807, 2.05) is 38.1 Å². The lowest BCUT2D eigenvalue weighted by molar-refractivity contribution is -0.123. The number of hydrogen-bond acceptors (Lipinski definition) is 4. The standard InChI is InChI=1S/C14H16N2O3/c1-10-5-3-4-6-12(10)18-8-14(17)15-7-13-11(2)16-9-19-13/h3-6,9H,7-8H2,1-2H3,(H,15,17). The number of aryl methyl sites for hydroxylation is 2. The summed E-state index contributed by atoms with van der Waals surface area (Å²) in [6.45, 7) is 4.07. The number of para-hydroxylation sites is 1. The van der Waals surface area contributed by atoms with Crippen molar-refractivity contribution in [2.75, 3.05) is 6.61 Å². The van der Waals surface area contributed by atoms with E-state index in [1.165, 1.54) is 6.39 Å². The number of nitrogens with one attached hydrogen (secondary N) is 1. The second-order valence-corrected chi connectivity index (χ2v) is 4.19. The number of ether oxygens (including phenoxy) is 1. The van der Waals surface area contributed by atoms with Crippen molar-refractivity contribution in [3.63, 3.8) is 0 Å². The quantitative estimate of drug-likeness (QED) is 0.892. The molecule has 1 aromatic heterocycles. The molecule has 5 nitrogen and oxygen atoms in total. The normalized spacial score (nSPS) is 10.2. The van der Waals surface area contributed by atoms with Gasteiger partial charge < -0.3 is 14.5 Å². The molecule has 0 fully saturated rings. The average molecular weight is 260 g/mol. The summed E-state index contributed by atoms with van der Waals surface area (Å²) in [7, 11) is 0. The number of nitrogens with zero attached hydrogens (tertiary/aromatic N) is 1. The van der Waals surface area contributed by atoms with Crippen LogP contribution in [0.2, 0.25) is 0 Å². The molecule has 0 aliphatic heterocycles. The summed E-state index contributed by atoms with van der Waals surface area (Å²) >= 11 is 0. The van der Waals surface area contributed by atoms with Gasteiger partial charge in [-0.05, 0) is 25.5 Å². The highest BCUT2D eigenvalue weighted by Crippen LogP contribution is 2.15. The summed E-state index contributed by atoms with van der Waals surface area (Å²) in [6, 6.07) is 7.57. The predicted octanol–water partition coefficient (Wildman–Crippen LogP) is 1.99. The molecule has 1 amide bonds. The Kier molecular flexibility index (Phi) is 4.18. The first-order chi connectivity index (χ1) is 9.16. The Bertz CT molecular complexity index is 563. The van der Waals surface area contributed by atoms with Gasteiger partial charge in [0, 0.05) is 0 Å². The fraction of sp³-hybridized carbons (Fsp3) is 0.286. The van der Waals surface area contributed by atoms with Crippen molar-refractivity contribution in [1.29, 1.82) is 0 Å². The molecule has 1 N–H and O–H groups in total. The van der Waals surface area contributed by atoms with Crippen molar-refractivity contribution in [2.24, 2.45) is 0 Å². The van der Waals surface area contributed by atoms with Crippen LogP contribution in [0.3, 0.4) is 0 Å². The summed E-state index contributed by atoms with van der Waals surface area (Å²) in [5, 5.41) is 2.72. The van der Waals surface area contributed by atoms with Crippen molar-refractivity contribution in [3.8, 4) is 5.75 Å². The van der Waals surface area contributed by atoms with E-state index < -0.39 is 0 Å². The molecular formula is C14H16N2O3. The maximum Gasteiger partial charge on any atom is 0.258 e. The molecule has 1 heterocycles. The molecule has 0 bridgehead atoms. The van der Waals surface area contributed by atoms with Gasteiger partial charge in [-0.3, -0.25) is 4.79 Å². The van der Waals surface area contributed by atoms with Gasteiger partial charge in [0.1, 0.15) is 11.5 Å². The van der Waals surface area contributed by atoms with Gasteiger partial charge in [-0.1, -0.05) is 18.2 Å². The van der Waals surface area contributed by atoms with E-state index in [0.29, 0.717) is 18.1 Å². The van der Waals surface area contributed by atoms with Crippen LogP contribution in [0.1, 0.15) is 17.0 Å². The highest BCUT2D eigenvalue weighted by Gasteiger charge is 2.07. The van der Waals surface area contributed by atoms with Crippen molar-refractivity contribution in [2.45, 2.75) is 20.4 Å². The monoisotopic (exact) mass is 260 g/mol. The molecule has 1 aromatic carbocycles. The first-order valence-corrected chi connectivity index (χ1v) is 6.01. The van der Waals surface area contributed by atoms with Gasteiger partial charge in [0.15, 0.2) is 13.0 Å². The van der Waals surface area contributed by atoms with Crippen LogP contribution in [-0.4, -0.2) is 17.5 Å². The Balaban J connectivity index is 1.79. The Hall–Kier alpha value is -2.30. The lowest BCUT2D eigenvalue weighted by Crippen LogP contribution is -2.28. The maximum atomic E-state index is 11.6. The summed E-state index contributed by atoms with van der Waals surface area (Å²) in [5.74, 6) is 1.18. The molecule has 2 aromatic rings. The molecule has 0 atom stereocenters. The van der Waals surface area contributed by atoms with E-state index in [0.717, 1.165) is 11.3 Å². The molecule has 0 radical (unpaired) electrons. The number of oxazole rings is 1. The minimum atomic E-state index is -0.195. The minimum absolute atomic E-state index is 0.0158. The topological polar surface area (TPSA) is 64.4 Å². The first-order valence-electron chi connectivity index (χ1n) is 6.01. The third-order valence-corrected chi connectivity index (χ3v) is 2.74. The molecule has 5 heteroatoms. The van der Waals surface area contributed by atoms with Gasteiger partial charge in [0.25, 0.3) is 5.91 Å².